The van der Waals surface area contributed by atoms with Gasteiger partial charge >= 0.3 is 5.97 Å². The van der Waals surface area contributed by atoms with Gasteiger partial charge in [-0.1, -0.05) is 18.2 Å². The Bertz CT molecular complexity index is 552. The van der Waals surface area contributed by atoms with Gasteiger partial charge in [0.05, 0.1) is 0 Å². The van der Waals surface area contributed by atoms with Crippen LogP contribution in [0.25, 0.3) is 0 Å². The number of carboxylic acid groups (broad SMARTS) is 1. The van der Waals surface area contributed by atoms with E-state index in [1.165, 1.54) is 4.90 Å². The minimum absolute atomic E-state index is 0.0562. The van der Waals surface area contributed by atoms with Gasteiger partial charge in [0, 0.05) is 18.5 Å². The third-order valence-corrected chi connectivity index (χ3v) is 4.45. The largest absolute Gasteiger partial charge is 0.480 e. The fraction of sp³-hybridized carbons (Fsp3) is 0.500. The highest BCUT2D eigenvalue weighted by molar-refractivity contribution is 6.01. The molecule has 0 aliphatic carbocycles. The molecule has 112 valence electrons. The molecular formula is C16H20N2O3. The Kier molecular flexibility index (Phi) is 3.92. The Labute approximate surface area is 123 Å². The van der Waals surface area contributed by atoms with E-state index in [0.717, 1.165) is 37.2 Å². The number of carboxylic acids is 1. The molecular weight excluding hydrogens is 268 g/mol. The van der Waals surface area contributed by atoms with E-state index < -0.39 is 12.0 Å². The number of benzene rings is 1. The fourth-order valence-electron chi connectivity index (χ4n) is 3.32. The zero-order valence-corrected chi connectivity index (χ0v) is 11.9. The number of aliphatic carboxylic acids is 1. The highest BCUT2D eigenvalue weighted by Gasteiger charge is 2.38. The molecule has 5 nitrogen and oxygen atoms in total. The van der Waals surface area contributed by atoms with E-state index in [9.17, 15) is 14.7 Å². The van der Waals surface area contributed by atoms with Crippen LogP contribution in [0.2, 0.25) is 0 Å². The second kappa shape index (κ2) is 5.85. The van der Waals surface area contributed by atoms with Gasteiger partial charge < -0.3 is 10.4 Å². The molecule has 2 aliphatic heterocycles. The van der Waals surface area contributed by atoms with Gasteiger partial charge in [-0.15, -0.1) is 0 Å². The highest BCUT2D eigenvalue weighted by Crippen LogP contribution is 2.33. The van der Waals surface area contributed by atoms with E-state index in [1.54, 1.807) is 0 Å². The van der Waals surface area contributed by atoms with Crippen molar-refractivity contribution in [2.75, 3.05) is 18.0 Å². The molecule has 1 aromatic carbocycles. The third kappa shape index (κ3) is 2.78. The van der Waals surface area contributed by atoms with Crippen molar-refractivity contribution in [2.45, 2.75) is 31.7 Å². The summed E-state index contributed by atoms with van der Waals surface area (Å²) in [5.41, 5.74) is 1.72. The second-order valence-electron chi connectivity index (χ2n) is 5.85. The molecule has 0 spiro atoms. The number of carbonyl (C=O) groups is 2. The Morgan fingerprint density at radius 3 is 2.67 bits per heavy atom. The molecule has 1 aromatic rings. The summed E-state index contributed by atoms with van der Waals surface area (Å²) in [5, 5.41) is 12.7. The van der Waals surface area contributed by atoms with Crippen LogP contribution in [-0.2, 0) is 16.0 Å². The number of nitrogens with one attached hydrogen (secondary N) is 1. The Morgan fingerprint density at radius 1 is 1.24 bits per heavy atom. The van der Waals surface area contributed by atoms with E-state index in [4.69, 9.17) is 0 Å². The Morgan fingerprint density at radius 2 is 1.95 bits per heavy atom. The lowest BCUT2D eigenvalue weighted by Crippen LogP contribution is -2.44. The van der Waals surface area contributed by atoms with Crippen LogP contribution in [0.15, 0.2) is 24.3 Å². The van der Waals surface area contributed by atoms with Crippen LogP contribution < -0.4 is 10.2 Å². The minimum Gasteiger partial charge on any atom is -0.480 e. The summed E-state index contributed by atoms with van der Waals surface area (Å²) in [6.07, 6.45) is 2.82. The number of piperidine rings is 1. The van der Waals surface area contributed by atoms with E-state index in [1.807, 2.05) is 24.3 Å². The topological polar surface area (TPSA) is 69.6 Å². The number of amides is 1. The number of hydrogen-bond donors (Lipinski definition) is 2. The van der Waals surface area contributed by atoms with Crippen LogP contribution in [-0.4, -0.2) is 36.1 Å². The van der Waals surface area contributed by atoms with Crippen molar-refractivity contribution >= 4 is 17.6 Å². The van der Waals surface area contributed by atoms with E-state index in [-0.39, 0.29) is 5.91 Å². The maximum atomic E-state index is 12.6. The molecule has 0 saturated carbocycles. The second-order valence-corrected chi connectivity index (χ2v) is 5.85. The van der Waals surface area contributed by atoms with Crippen LogP contribution in [0.5, 0.6) is 0 Å². The SMILES string of the molecule is O=C(O)C1Cc2ccccc2N1C(=O)CC1CCNCC1. The molecule has 21 heavy (non-hydrogen) atoms. The van der Waals surface area contributed by atoms with Crippen LogP contribution in [0.4, 0.5) is 5.69 Å². The lowest BCUT2D eigenvalue weighted by molar-refractivity contribution is -0.140. The standard InChI is InChI=1S/C16H20N2O3/c19-15(9-11-5-7-17-8-6-11)18-13-4-2-1-3-12(13)10-14(18)16(20)21/h1-4,11,14,17H,5-10H2,(H,20,21). The fourth-order valence-corrected chi connectivity index (χ4v) is 3.32. The van der Waals surface area contributed by atoms with Gasteiger partial charge in [-0.25, -0.2) is 4.79 Å². The molecule has 5 heteroatoms. The van der Waals surface area contributed by atoms with Gasteiger partial charge in [-0.3, -0.25) is 9.69 Å². The number of anilines is 1. The van der Waals surface area contributed by atoms with Gasteiger partial charge in [0.25, 0.3) is 0 Å². The summed E-state index contributed by atoms with van der Waals surface area (Å²) >= 11 is 0. The lowest BCUT2D eigenvalue weighted by Gasteiger charge is -2.27. The van der Waals surface area contributed by atoms with Crippen molar-refractivity contribution in [2.24, 2.45) is 5.92 Å². The molecule has 0 aromatic heterocycles. The van der Waals surface area contributed by atoms with Gasteiger partial charge in [-0.05, 0) is 43.5 Å². The van der Waals surface area contributed by atoms with Gasteiger partial charge in [0.15, 0.2) is 0 Å². The number of rotatable bonds is 3. The molecule has 1 amide bonds. The number of para-hydroxylation sites is 1. The van der Waals surface area contributed by atoms with Crippen molar-refractivity contribution in [3.8, 4) is 0 Å². The molecule has 0 bridgehead atoms. The first-order valence-corrected chi connectivity index (χ1v) is 7.50. The molecule has 1 unspecified atom stereocenters. The molecule has 3 rings (SSSR count). The van der Waals surface area contributed by atoms with Crippen molar-refractivity contribution in [1.82, 2.24) is 5.32 Å². The van der Waals surface area contributed by atoms with Crippen LogP contribution >= 0.6 is 0 Å². The first-order chi connectivity index (χ1) is 10.2. The zero-order valence-electron chi connectivity index (χ0n) is 11.9. The van der Waals surface area contributed by atoms with E-state index >= 15 is 0 Å². The average Bonchev–Trinajstić information content (AvgIpc) is 2.88. The molecule has 2 aliphatic rings. The summed E-state index contributed by atoms with van der Waals surface area (Å²) in [4.78, 5) is 25.6. The zero-order chi connectivity index (χ0) is 14.8. The molecule has 1 saturated heterocycles. The number of nitrogens with zero attached hydrogens (tertiary/aromatic N) is 1. The lowest BCUT2D eigenvalue weighted by atomic mass is 9.94. The summed E-state index contributed by atoms with van der Waals surface area (Å²) in [7, 11) is 0. The summed E-state index contributed by atoms with van der Waals surface area (Å²) in [6, 6.07) is 6.74. The predicted octanol–water partition coefficient (Wildman–Crippen LogP) is 1.42. The van der Waals surface area contributed by atoms with Crippen LogP contribution in [0.3, 0.4) is 0 Å². The van der Waals surface area contributed by atoms with Crippen molar-refractivity contribution in [3.63, 3.8) is 0 Å². The Balaban J connectivity index is 1.80. The minimum atomic E-state index is -0.926. The monoisotopic (exact) mass is 288 g/mol. The maximum absolute atomic E-state index is 12.6. The van der Waals surface area contributed by atoms with Crippen LogP contribution in [0.1, 0.15) is 24.8 Å². The van der Waals surface area contributed by atoms with Crippen molar-refractivity contribution in [3.05, 3.63) is 29.8 Å². The average molecular weight is 288 g/mol. The summed E-state index contributed by atoms with van der Waals surface area (Å²) < 4.78 is 0. The quantitative estimate of drug-likeness (QED) is 0.882. The third-order valence-electron chi connectivity index (χ3n) is 4.45. The van der Waals surface area contributed by atoms with E-state index in [2.05, 4.69) is 5.32 Å². The number of hydrogen-bond acceptors (Lipinski definition) is 3. The molecule has 0 radical (unpaired) electrons. The number of carbonyl (C=O) groups excluding carboxylic acids is 1. The first-order valence-electron chi connectivity index (χ1n) is 7.50. The molecule has 1 fully saturated rings. The van der Waals surface area contributed by atoms with Gasteiger partial charge in [0.1, 0.15) is 6.04 Å². The maximum Gasteiger partial charge on any atom is 0.327 e. The van der Waals surface area contributed by atoms with Crippen LogP contribution in [0, 0.1) is 5.92 Å². The number of fused-ring (bicyclic) bond motifs is 1. The smallest absolute Gasteiger partial charge is 0.327 e. The van der Waals surface area contributed by atoms with Gasteiger partial charge in [-0.2, -0.15) is 0 Å². The normalized spacial score (nSPS) is 22.1. The Hall–Kier alpha value is -1.88. The summed E-state index contributed by atoms with van der Waals surface area (Å²) in [6.45, 7) is 1.88. The van der Waals surface area contributed by atoms with Gasteiger partial charge in [0.2, 0.25) is 5.91 Å². The van der Waals surface area contributed by atoms with E-state index in [0.29, 0.717) is 18.8 Å². The highest BCUT2D eigenvalue weighted by atomic mass is 16.4. The molecule has 2 heterocycles. The first kappa shape index (κ1) is 14.1. The van der Waals surface area contributed by atoms with Crippen molar-refractivity contribution in [1.29, 1.82) is 0 Å². The predicted molar refractivity (Wildman–Crippen MR) is 79.3 cm³/mol. The molecule has 2 N–H and O–H groups in total. The summed E-state index contributed by atoms with van der Waals surface area (Å²) in [5.74, 6) is -0.620. The molecule has 1 atom stereocenters. The van der Waals surface area contributed by atoms with Crippen molar-refractivity contribution < 1.29 is 14.7 Å².